The van der Waals surface area contributed by atoms with Crippen molar-refractivity contribution in [1.82, 2.24) is 5.32 Å². The van der Waals surface area contributed by atoms with Gasteiger partial charge in [0, 0.05) is 12.2 Å². The fourth-order valence-corrected chi connectivity index (χ4v) is 1.47. The summed E-state index contributed by atoms with van der Waals surface area (Å²) in [5.74, 6) is 0.348. The molecule has 4 heteroatoms. The number of carbonyl (C=O) groups excluding carboxylic acids is 1. The van der Waals surface area contributed by atoms with E-state index in [2.05, 4.69) is 17.9 Å². The summed E-state index contributed by atoms with van der Waals surface area (Å²) in [6, 6.07) is 7.75. The summed E-state index contributed by atoms with van der Waals surface area (Å²) in [5.41, 5.74) is 2.09. The fourth-order valence-electron chi connectivity index (χ4n) is 1.33. The summed E-state index contributed by atoms with van der Waals surface area (Å²) in [6.45, 7) is 4.61. The molecule has 15 heavy (non-hydrogen) atoms. The standard InChI is InChI=1S/C11H16N2OS/c1-3-13(11(14)12-8-15)10-6-4-9(2)5-7-10/h4-7,15H,3,8H2,1-2H3,(H,12,14). The molecule has 0 bridgehead atoms. The molecule has 1 rings (SSSR count). The predicted molar refractivity (Wildman–Crippen MR) is 66.6 cm³/mol. The van der Waals surface area contributed by atoms with E-state index in [1.54, 1.807) is 4.90 Å². The van der Waals surface area contributed by atoms with Crippen LogP contribution in [0, 0.1) is 6.92 Å². The molecule has 0 aliphatic heterocycles. The third kappa shape index (κ3) is 3.16. The van der Waals surface area contributed by atoms with Gasteiger partial charge >= 0.3 is 6.03 Å². The van der Waals surface area contributed by atoms with Crippen LogP contribution in [0.5, 0.6) is 0 Å². The van der Waals surface area contributed by atoms with E-state index in [1.165, 1.54) is 5.56 Å². The molecule has 1 aromatic carbocycles. The molecule has 1 N–H and O–H groups in total. The quantitative estimate of drug-likeness (QED) is 0.600. The van der Waals surface area contributed by atoms with E-state index in [0.29, 0.717) is 12.4 Å². The third-order valence-corrected chi connectivity index (χ3v) is 2.30. The van der Waals surface area contributed by atoms with Crippen LogP contribution < -0.4 is 10.2 Å². The van der Waals surface area contributed by atoms with Crippen molar-refractivity contribution in [3.05, 3.63) is 29.8 Å². The number of hydrogen-bond acceptors (Lipinski definition) is 2. The Labute approximate surface area is 95.9 Å². The van der Waals surface area contributed by atoms with Crippen molar-refractivity contribution >= 4 is 24.3 Å². The number of hydrogen-bond donors (Lipinski definition) is 2. The van der Waals surface area contributed by atoms with Crippen LogP contribution in [0.3, 0.4) is 0 Å². The van der Waals surface area contributed by atoms with Crippen molar-refractivity contribution in [2.45, 2.75) is 13.8 Å². The predicted octanol–water partition coefficient (Wildman–Crippen LogP) is 2.42. The van der Waals surface area contributed by atoms with E-state index < -0.39 is 0 Å². The average molecular weight is 224 g/mol. The lowest BCUT2D eigenvalue weighted by molar-refractivity contribution is 0.248. The van der Waals surface area contributed by atoms with Gasteiger partial charge in [-0.3, -0.25) is 4.90 Å². The van der Waals surface area contributed by atoms with E-state index in [-0.39, 0.29) is 6.03 Å². The largest absolute Gasteiger partial charge is 0.329 e. The minimum Gasteiger partial charge on any atom is -0.329 e. The van der Waals surface area contributed by atoms with Crippen LogP contribution in [0.15, 0.2) is 24.3 Å². The van der Waals surface area contributed by atoms with Crippen molar-refractivity contribution in [2.24, 2.45) is 0 Å². The van der Waals surface area contributed by atoms with Gasteiger partial charge in [0.05, 0.1) is 5.88 Å². The fraction of sp³-hybridized carbons (Fsp3) is 0.364. The first-order chi connectivity index (χ1) is 7.19. The van der Waals surface area contributed by atoms with Gasteiger partial charge in [0.25, 0.3) is 0 Å². The molecule has 0 fully saturated rings. The lowest BCUT2D eigenvalue weighted by Crippen LogP contribution is -2.39. The highest BCUT2D eigenvalue weighted by Crippen LogP contribution is 2.14. The Morgan fingerprint density at radius 2 is 2.00 bits per heavy atom. The SMILES string of the molecule is CCN(C(=O)NCS)c1ccc(C)cc1. The number of nitrogens with zero attached hydrogens (tertiary/aromatic N) is 1. The van der Waals surface area contributed by atoms with Gasteiger partial charge in [-0.1, -0.05) is 17.7 Å². The molecule has 0 unspecified atom stereocenters. The molecule has 2 amide bonds. The Hall–Kier alpha value is -1.16. The molecule has 0 aliphatic carbocycles. The summed E-state index contributed by atoms with van der Waals surface area (Å²) >= 11 is 3.96. The number of thiol groups is 1. The second kappa shape index (κ2) is 5.66. The molecular weight excluding hydrogens is 208 g/mol. The van der Waals surface area contributed by atoms with Gasteiger partial charge in [-0.05, 0) is 26.0 Å². The van der Waals surface area contributed by atoms with Crippen LogP contribution in [0.2, 0.25) is 0 Å². The summed E-state index contributed by atoms with van der Waals surface area (Å²) in [4.78, 5) is 13.3. The maximum Gasteiger partial charge on any atom is 0.322 e. The van der Waals surface area contributed by atoms with Crippen molar-refractivity contribution in [2.75, 3.05) is 17.3 Å². The smallest absolute Gasteiger partial charge is 0.322 e. The number of benzene rings is 1. The zero-order valence-corrected chi connectivity index (χ0v) is 9.92. The Morgan fingerprint density at radius 1 is 1.40 bits per heavy atom. The number of amides is 2. The van der Waals surface area contributed by atoms with E-state index in [4.69, 9.17) is 0 Å². The first-order valence-electron chi connectivity index (χ1n) is 4.92. The second-order valence-electron chi connectivity index (χ2n) is 3.22. The Morgan fingerprint density at radius 3 is 2.47 bits per heavy atom. The number of anilines is 1. The highest BCUT2D eigenvalue weighted by Gasteiger charge is 2.11. The molecular formula is C11H16N2OS. The van der Waals surface area contributed by atoms with Gasteiger partial charge < -0.3 is 5.32 Å². The van der Waals surface area contributed by atoms with Gasteiger partial charge in [0.15, 0.2) is 0 Å². The van der Waals surface area contributed by atoms with Gasteiger partial charge in [0.2, 0.25) is 0 Å². The molecule has 0 radical (unpaired) electrons. The number of rotatable bonds is 3. The lowest BCUT2D eigenvalue weighted by atomic mass is 10.2. The highest BCUT2D eigenvalue weighted by atomic mass is 32.1. The highest BCUT2D eigenvalue weighted by molar-refractivity contribution is 7.80. The molecule has 0 saturated heterocycles. The molecule has 0 aliphatic rings. The first-order valence-corrected chi connectivity index (χ1v) is 5.55. The van der Waals surface area contributed by atoms with E-state index in [9.17, 15) is 4.79 Å². The van der Waals surface area contributed by atoms with Crippen LogP contribution in [-0.2, 0) is 0 Å². The molecule has 3 nitrogen and oxygen atoms in total. The van der Waals surface area contributed by atoms with Crippen LogP contribution in [0.25, 0.3) is 0 Å². The van der Waals surface area contributed by atoms with Gasteiger partial charge in [-0.15, -0.1) is 0 Å². The van der Waals surface area contributed by atoms with Gasteiger partial charge in [-0.2, -0.15) is 12.6 Å². The summed E-state index contributed by atoms with van der Waals surface area (Å²) in [5, 5.41) is 2.66. The zero-order chi connectivity index (χ0) is 11.3. The van der Waals surface area contributed by atoms with E-state index >= 15 is 0 Å². The Balaban J connectivity index is 2.82. The monoisotopic (exact) mass is 224 g/mol. The third-order valence-electron chi connectivity index (χ3n) is 2.14. The first kappa shape index (κ1) is 11.9. The molecule has 0 aromatic heterocycles. The van der Waals surface area contributed by atoms with Crippen molar-refractivity contribution in [1.29, 1.82) is 0 Å². The molecule has 82 valence electrons. The van der Waals surface area contributed by atoms with Crippen LogP contribution >= 0.6 is 12.6 Å². The van der Waals surface area contributed by atoms with E-state index in [0.717, 1.165) is 5.69 Å². The number of urea groups is 1. The minimum atomic E-state index is -0.114. The summed E-state index contributed by atoms with van der Waals surface area (Å²) < 4.78 is 0. The van der Waals surface area contributed by atoms with Crippen LogP contribution in [0.4, 0.5) is 10.5 Å². The molecule has 0 saturated carbocycles. The Kier molecular flexibility index (Phi) is 4.49. The Bertz CT molecular complexity index is 324. The zero-order valence-electron chi connectivity index (χ0n) is 9.03. The average Bonchev–Trinajstić information content (AvgIpc) is 2.22. The maximum atomic E-state index is 11.6. The normalized spacial score (nSPS) is 9.80. The molecule has 0 spiro atoms. The number of nitrogens with one attached hydrogen (secondary N) is 1. The topological polar surface area (TPSA) is 32.3 Å². The van der Waals surface area contributed by atoms with Gasteiger partial charge in [0.1, 0.15) is 0 Å². The molecule has 1 aromatic rings. The van der Waals surface area contributed by atoms with Crippen LogP contribution in [0.1, 0.15) is 12.5 Å². The summed E-state index contributed by atoms with van der Waals surface area (Å²) in [7, 11) is 0. The second-order valence-corrected chi connectivity index (χ2v) is 3.54. The number of carbonyl (C=O) groups is 1. The maximum absolute atomic E-state index is 11.6. The van der Waals surface area contributed by atoms with Crippen molar-refractivity contribution in [3.63, 3.8) is 0 Å². The number of aryl methyl sites for hydroxylation is 1. The molecule has 0 heterocycles. The minimum absolute atomic E-state index is 0.114. The van der Waals surface area contributed by atoms with E-state index in [1.807, 2.05) is 38.1 Å². The van der Waals surface area contributed by atoms with Crippen molar-refractivity contribution < 1.29 is 4.79 Å². The summed E-state index contributed by atoms with van der Waals surface area (Å²) in [6.07, 6.45) is 0. The lowest BCUT2D eigenvalue weighted by Gasteiger charge is -2.21. The van der Waals surface area contributed by atoms with Crippen LogP contribution in [-0.4, -0.2) is 18.5 Å². The van der Waals surface area contributed by atoms with Crippen molar-refractivity contribution in [3.8, 4) is 0 Å². The molecule has 0 atom stereocenters. The van der Waals surface area contributed by atoms with Gasteiger partial charge in [-0.25, -0.2) is 4.79 Å².